The maximum absolute atomic E-state index is 16.1. The number of benzene rings is 1. The van der Waals surface area contributed by atoms with Crippen molar-refractivity contribution in [1.29, 1.82) is 0 Å². The SMILES string of the molecule is CC1CN2c3c(cc4c(N5CC(CN=O)OC5=O)noc4c3F)CC3(C(=O)NC(=O)NC3=O)C2C(C)O1. The third-order valence-corrected chi connectivity index (χ3v) is 7.35. The number of fused-ring (bicyclic) bond motifs is 5. The van der Waals surface area contributed by atoms with E-state index in [1.807, 2.05) is 0 Å². The lowest BCUT2D eigenvalue weighted by Gasteiger charge is -2.55. The first-order valence-corrected chi connectivity index (χ1v) is 11.6. The van der Waals surface area contributed by atoms with E-state index >= 15 is 4.39 Å². The molecular weight excluding hydrogens is 495 g/mol. The zero-order chi connectivity index (χ0) is 26.2. The number of imide groups is 2. The first kappa shape index (κ1) is 23.3. The van der Waals surface area contributed by atoms with Crippen LogP contribution >= 0.6 is 0 Å². The lowest BCUT2D eigenvalue weighted by Crippen LogP contribution is -2.75. The number of barbiturate groups is 1. The summed E-state index contributed by atoms with van der Waals surface area (Å²) in [4.78, 5) is 64.2. The minimum absolute atomic E-state index is 0.0392. The predicted octanol–water partition coefficient (Wildman–Crippen LogP) is 0.949. The Morgan fingerprint density at radius 2 is 1.92 bits per heavy atom. The molecule has 4 atom stereocenters. The summed E-state index contributed by atoms with van der Waals surface area (Å²) >= 11 is 0. The van der Waals surface area contributed by atoms with Crippen LogP contribution in [0.25, 0.3) is 11.0 Å². The molecule has 0 aliphatic carbocycles. The summed E-state index contributed by atoms with van der Waals surface area (Å²) in [6.07, 6.45) is -2.90. The summed E-state index contributed by atoms with van der Waals surface area (Å²) in [5.41, 5.74) is -1.62. The lowest BCUT2D eigenvalue weighted by atomic mass is 9.66. The molecule has 3 saturated heterocycles. The van der Waals surface area contributed by atoms with Crippen LogP contribution in [0.5, 0.6) is 0 Å². The molecule has 14 nitrogen and oxygen atoms in total. The van der Waals surface area contributed by atoms with Crippen LogP contribution in [-0.2, 0) is 25.5 Å². The van der Waals surface area contributed by atoms with E-state index in [0.717, 1.165) is 4.90 Å². The molecule has 3 fully saturated rings. The van der Waals surface area contributed by atoms with Crippen molar-refractivity contribution in [3.8, 4) is 0 Å². The van der Waals surface area contributed by atoms with Gasteiger partial charge in [0.05, 0.1) is 35.9 Å². The molecule has 4 aliphatic heterocycles. The number of hydrogen-bond donors (Lipinski definition) is 2. The zero-order valence-electron chi connectivity index (χ0n) is 19.6. The van der Waals surface area contributed by atoms with Gasteiger partial charge < -0.3 is 18.9 Å². The topological polar surface area (TPSA) is 173 Å². The quantitative estimate of drug-likeness (QED) is 0.442. The lowest BCUT2D eigenvalue weighted by molar-refractivity contribution is -0.153. The highest BCUT2D eigenvalue weighted by Crippen LogP contribution is 2.49. The number of hydrogen-bond acceptors (Lipinski definition) is 11. The number of nitrogens with one attached hydrogen (secondary N) is 2. The molecule has 2 N–H and O–H groups in total. The van der Waals surface area contributed by atoms with Crippen LogP contribution in [0.2, 0.25) is 0 Å². The van der Waals surface area contributed by atoms with Gasteiger partial charge in [0, 0.05) is 13.0 Å². The molecule has 5 amide bonds. The van der Waals surface area contributed by atoms with Crippen molar-refractivity contribution in [3.05, 3.63) is 22.4 Å². The second-order valence-corrected chi connectivity index (χ2v) is 9.64. The molecule has 0 radical (unpaired) electrons. The number of halogens is 1. The Kier molecular flexibility index (Phi) is 4.99. The van der Waals surface area contributed by atoms with Crippen molar-refractivity contribution >= 4 is 46.4 Å². The number of carbonyl (C=O) groups excluding carboxylic acids is 4. The Balaban J connectivity index is 1.53. The van der Waals surface area contributed by atoms with Crippen molar-refractivity contribution in [2.45, 2.75) is 44.6 Å². The molecule has 2 aromatic rings. The minimum Gasteiger partial charge on any atom is -0.442 e. The van der Waals surface area contributed by atoms with Gasteiger partial charge in [-0.15, -0.1) is 0 Å². The van der Waals surface area contributed by atoms with Gasteiger partial charge in [-0.25, -0.2) is 14.0 Å². The smallest absolute Gasteiger partial charge is 0.416 e. The number of urea groups is 1. The van der Waals surface area contributed by atoms with E-state index in [1.165, 1.54) is 6.07 Å². The highest BCUT2D eigenvalue weighted by Gasteiger charge is 2.63. The first-order valence-electron chi connectivity index (χ1n) is 11.6. The van der Waals surface area contributed by atoms with Gasteiger partial charge in [0.15, 0.2) is 17.1 Å². The Labute approximate surface area is 207 Å². The molecule has 1 aromatic carbocycles. The number of anilines is 2. The van der Waals surface area contributed by atoms with Crippen LogP contribution in [0.15, 0.2) is 15.8 Å². The van der Waals surface area contributed by atoms with Crippen molar-refractivity contribution in [2.75, 3.05) is 29.4 Å². The first-order chi connectivity index (χ1) is 17.6. The number of nitrogens with zero attached hydrogens (tertiary/aromatic N) is 4. The van der Waals surface area contributed by atoms with E-state index in [-0.39, 0.29) is 60.2 Å². The fourth-order valence-corrected chi connectivity index (χ4v) is 6.00. The molecule has 1 aromatic heterocycles. The van der Waals surface area contributed by atoms with Crippen LogP contribution in [0.1, 0.15) is 19.4 Å². The van der Waals surface area contributed by atoms with E-state index in [0.29, 0.717) is 0 Å². The fourth-order valence-electron chi connectivity index (χ4n) is 6.00. The van der Waals surface area contributed by atoms with Crippen LogP contribution in [-0.4, -0.2) is 73.1 Å². The number of morpholine rings is 1. The Hall–Kier alpha value is -4.14. The number of ether oxygens (including phenoxy) is 2. The molecule has 6 rings (SSSR count). The van der Waals surface area contributed by atoms with Crippen LogP contribution in [0.4, 0.5) is 25.5 Å². The second-order valence-electron chi connectivity index (χ2n) is 9.64. The number of nitroso groups, excluding NO2 is 1. The van der Waals surface area contributed by atoms with Gasteiger partial charge in [-0.1, -0.05) is 10.3 Å². The summed E-state index contributed by atoms with van der Waals surface area (Å²) in [6, 6.07) is -0.354. The third kappa shape index (κ3) is 3.16. The second kappa shape index (κ2) is 7.93. The highest BCUT2D eigenvalue weighted by atomic mass is 19.1. The van der Waals surface area contributed by atoms with Crippen molar-refractivity contribution in [2.24, 2.45) is 10.6 Å². The van der Waals surface area contributed by atoms with Gasteiger partial charge >= 0.3 is 12.1 Å². The monoisotopic (exact) mass is 516 g/mol. The van der Waals surface area contributed by atoms with Crippen molar-refractivity contribution in [1.82, 2.24) is 15.8 Å². The molecule has 4 unspecified atom stereocenters. The molecule has 37 heavy (non-hydrogen) atoms. The molecule has 0 saturated carbocycles. The maximum Gasteiger partial charge on any atom is 0.416 e. The Morgan fingerprint density at radius 3 is 2.62 bits per heavy atom. The summed E-state index contributed by atoms with van der Waals surface area (Å²) in [6.45, 7) is 3.30. The summed E-state index contributed by atoms with van der Waals surface area (Å²) in [5.74, 6) is -2.45. The van der Waals surface area contributed by atoms with E-state index in [1.54, 1.807) is 18.7 Å². The van der Waals surface area contributed by atoms with Gasteiger partial charge in [-0.2, -0.15) is 4.91 Å². The number of cyclic esters (lactones) is 1. The van der Waals surface area contributed by atoms with E-state index in [4.69, 9.17) is 14.0 Å². The number of amides is 5. The van der Waals surface area contributed by atoms with Crippen LogP contribution in [0, 0.1) is 16.1 Å². The zero-order valence-corrected chi connectivity index (χ0v) is 19.6. The predicted molar refractivity (Wildman–Crippen MR) is 121 cm³/mol. The van der Waals surface area contributed by atoms with Crippen molar-refractivity contribution < 1.29 is 37.6 Å². The molecule has 5 heterocycles. The van der Waals surface area contributed by atoms with Gasteiger partial charge in [0.2, 0.25) is 17.4 Å². The molecule has 1 spiro atoms. The minimum atomic E-state index is -1.80. The average molecular weight is 516 g/mol. The maximum atomic E-state index is 16.1. The summed E-state index contributed by atoms with van der Waals surface area (Å²) in [7, 11) is 0. The Bertz CT molecular complexity index is 1370. The van der Waals surface area contributed by atoms with E-state index < -0.39 is 53.4 Å². The number of carbonyl (C=O) groups is 4. The van der Waals surface area contributed by atoms with E-state index in [9.17, 15) is 24.1 Å². The van der Waals surface area contributed by atoms with E-state index in [2.05, 4.69) is 21.0 Å². The third-order valence-electron chi connectivity index (χ3n) is 7.35. The molecule has 0 bridgehead atoms. The average Bonchev–Trinajstić information content (AvgIpc) is 3.40. The summed E-state index contributed by atoms with van der Waals surface area (Å²) in [5, 5.41) is 11.1. The van der Waals surface area contributed by atoms with Crippen molar-refractivity contribution in [3.63, 3.8) is 0 Å². The molecule has 194 valence electrons. The highest BCUT2D eigenvalue weighted by molar-refractivity contribution is 6.20. The van der Waals surface area contributed by atoms with Gasteiger partial charge in [0.25, 0.3) is 0 Å². The molecular formula is C22H21FN6O8. The van der Waals surface area contributed by atoms with Gasteiger partial charge in [-0.05, 0) is 25.5 Å². The summed E-state index contributed by atoms with van der Waals surface area (Å²) < 4.78 is 32.5. The fraction of sp³-hybridized carbons (Fsp3) is 0.500. The molecule has 4 aliphatic rings. The van der Waals surface area contributed by atoms with Gasteiger partial charge in [-0.3, -0.25) is 25.1 Å². The number of aromatic nitrogens is 1. The normalized spacial score (nSPS) is 28.6. The largest absolute Gasteiger partial charge is 0.442 e. The van der Waals surface area contributed by atoms with Crippen LogP contribution in [0.3, 0.4) is 0 Å². The van der Waals surface area contributed by atoms with Crippen LogP contribution < -0.4 is 20.4 Å². The number of rotatable bonds is 3. The standard InChI is InChI=1S/C22H21FN6O8/c1-8-6-28-14-10(4-22(16(28)9(2)35-8)18(30)25-20(32)26-19(22)31)3-12-15(13(14)23)37-27-17(12)29-7-11(5-24-34)36-21(29)33/h3,8-9,11,16H,4-7H2,1-2H3,(H2,25,26,30,31,32). The molecule has 15 heteroatoms. The van der Waals surface area contributed by atoms with Gasteiger partial charge in [0.1, 0.15) is 12.6 Å². The Morgan fingerprint density at radius 1 is 1.19 bits per heavy atom.